The van der Waals surface area contributed by atoms with Gasteiger partial charge in [0.2, 0.25) is 5.91 Å². The van der Waals surface area contributed by atoms with Gasteiger partial charge in [0, 0.05) is 44.8 Å². The Kier molecular flexibility index (Phi) is 9.83. The first-order valence-corrected chi connectivity index (χ1v) is 14.8. The highest BCUT2D eigenvalue weighted by Crippen LogP contribution is 2.30. The zero-order chi connectivity index (χ0) is 30.0. The van der Waals surface area contributed by atoms with E-state index in [1.807, 2.05) is 54.3 Å². The molecule has 1 aliphatic heterocycles. The van der Waals surface area contributed by atoms with Crippen molar-refractivity contribution >= 4 is 17.6 Å². The summed E-state index contributed by atoms with van der Waals surface area (Å²) >= 11 is 0. The van der Waals surface area contributed by atoms with Crippen LogP contribution in [0.1, 0.15) is 47.7 Å². The molecule has 7 heteroatoms. The fraction of sp³-hybridized carbons (Fsp3) is 0.250. The van der Waals surface area contributed by atoms with Crippen molar-refractivity contribution in [2.75, 3.05) is 38.0 Å². The molecule has 43 heavy (non-hydrogen) atoms. The van der Waals surface area contributed by atoms with Crippen LogP contribution >= 0.6 is 0 Å². The molecule has 4 aromatic carbocycles. The SMILES string of the molecule is CC(c1ccccc1)N(CCC(=O)N1CCN(C(c2ccccc2)c2ccccc2)CC1)C(=O)Nc1cccc(C#N)c1. The van der Waals surface area contributed by atoms with Crippen molar-refractivity contribution < 1.29 is 9.59 Å². The van der Waals surface area contributed by atoms with Crippen LogP contribution in [-0.2, 0) is 4.79 Å². The van der Waals surface area contributed by atoms with E-state index < -0.39 is 0 Å². The number of carbonyl (C=O) groups excluding carboxylic acids is 2. The van der Waals surface area contributed by atoms with Gasteiger partial charge in [0.1, 0.15) is 0 Å². The normalized spacial score (nSPS) is 14.1. The molecule has 0 spiro atoms. The molecule has 218 valence electrons. The molecule has 1 N–H and O–H groups in total. The summed E-state index contributed by atoms with van der Waals surface area (Å²) in [6.45, 7) is 5.04. The maximum Gasteiger partial charge on any atom is 0.322 e. The van der Waals surface area contributed by atoms with Gasteiger partial charge in [-0.15, -0.1) is 0 Å². The predicted octanol–water partition coefficient (Wildman–Crippen LogP) is 6.48. The molecular formula is C36H37N5O2. The molecular weight excluding hydrogens is 534 g/mol. The number of amides is 3. The van der Waals surface area contributed by atoms with Crippen LogP contribution in [0.4, 0.5) is 10.5 Å². The van der Waals surface area contributed by atoms with E-state index in [-0.39, 0.29) is 37.0 Å². The molecule has 0 aliphatic carbocycles. The van der Waals surface area contributed by atoms with Gasteiger partial charge in [-0.2, -0.15) is 5.26 Å². The van der Waals surface area contributed by atoms with Crippen LogP contribution in [-0.4, -0.2) is 59.4 Å². The highest BCUT2D eigenvalue weighted by Gasteiger charge is 2.29. The predicted molar refractivity (Wildman–Crippen MR) is 169 cm³/mol. The number of urea groups is 1. The van der Waals surface area contributed by atoms with E-state index in [0.29, 0.717) is 24.3 Å². The summed E-state index contributed by atoms with van der Waals surface area (Å²) in [5.41, 5.74) is 4.48. The van der Waals surface area contributed by atoms with Crippen molar-refractivity contribution in [1.82, 2.24) is 14.7 Å². The van der Waals surface area contributed by atoms with Gasteiger partial charge in [0.05, 0.1) is 23.7 Å². The zero-order valence-electron chi connectivity index (χ0n) is 24.5. The van der Waals surface area contributed by atoms with Gasteiger partial charge in [-0.3, -0.25) is 9.69 Å². The van der Waals surface area contributed by atoms with Crippen molar-refractivity contribution in [2.45, 2.75) is 25.4 Å². The van der Waals surface area contributed by atoms with E-state index >= 15 is 0 Å². The lowest BCUT2D eigenvalue weighted by molar-refractivity contribution is -0.133. The van der Waals surface area contributed by atoms with Crippen LogP contribution in [0, 0.1) is 11.3 Å². The number of rotatable bonds is 9. The molecule has 1 saturated heterocycles. The van der Waals surface area contributed by atoms with Gasteiger partial charge in [0.15, 0.2) is 0 Å². The van der Waals surface area contributed by atoms with E-state index in [0.717, 1.165) is 18.7 Å². The molecule has 1 fully saturated rings. The topological polar surface area (TPSA) is 79.7 Å². The Morgan fingerprint density at radius 3 is 1.91 bits per heavy atom. The van der Waals surface area contributed by atoms with Gasteiger partial charge in [-0.1, -0.05) is 97.1 Å². The number of carbonyl (C=O) groups is 2. The summed E-state index contributed by atoms with van der Waals surface area (Å²) < 4.78 is 0. The van der Waals surface area contributed by atoms with Crippen molar-refractivity contribution in [2.24, 2.45) is 0 Å². The molecule has 0 radical (unpaired) electrons. The molecule has 5 rings (SSSR count). The van der Waals surface area contributed by atoms with Crippen LogP contribution in [0.3, 0.4) is 0 Å². The Labute approximate surface area is 254 Å². The maximum absolute atomic E-state index is 13.5. The molecule has 1 heterocycles. The average molecular weight is 572 g/mol. The van der Waals surface area contributed by atoms with E-state index in [9.17, 15) is 14.9 Å². The highest BCUT2D eigenvalue weighted by molar-refractivity contribution is 5.90. The lowest BCUT2D eigenvalue weighted by Gasteiger charge is -2.40. The van der Waals surface area contributed by atoms with Crippen molar-refractivity contribution in [3.8, 4) is 6.07 Å². The van der Waals surface area contributed by atoms with E-state index in [2.05, 4.69) is 64.8 Å². The Morgan fingerprint density at radius 1 is 0.791 bits per heavy atom. The molecule has 0 aromatic heterocycles. The second kappa shape index (κ2) is 14.3. The second-order valence-corrected chi connectivity index (χ2v) is 10.8. The van der Waals surface area contributed by atoms with Gasteiger partial charge in [-0.25, -0.2) is 4.79 Å². The number of hydrogen-bond donors (Lipinski definition) is 1. The van der Waals surface area contributed by atoms with Gasteiger partial charge >= 0.3 is 6.03 Å². The summed E-state index contributed by atoms with van der Waals surface area (Å²) in [4.78, 5) is 33.0. The van der Waals surface area contributed by atoms with Gasteiger partial charge in [-0.05, 0) is 41.8 Å². The standard InChI is InChI=1S/C36H37N5O2/c1-28(30-13-5-2-6-14-30)41(36(43)38-33-19-11-12-29(26-33)27-37)21-20-34(42)39-22-24-40(25-23-39)35(31-15-7-3-8-16-31)32-17-9-4-10-18-32/h2-19,26,28,35H,20-25H2,1H3,(H,38,43). The molecule has 1 unspecified atom stereocenters. The molecule has 7 nitrogen and oxygen atoms in total. The van der Waals surface area contributed by atoms with Crippen molar-refractivity contribution in [3.63, 3.8) is 0 Å². The Bertz CT molecular complexity index is 1490. The Balaban J connectivity index is 1.24. The fourth-order valence-corrected chi connectivity index (χ4v) is 5.73. The highest BCUT2D eigenvalue weighted by atomic mass is 16.2. The monoisotopic (exact) mass is 571 g/mol. The molecule has 1 aliphatic rings. The first-order valence-electron chi connectivity index (χ1n) is 14.8. The summed E-state index contributed by atoms with van der Waals surface area (Å²) in [6, 6.07) is 39.3. The molecule has 1 atom stereocenters. The average Bonchev–Trinajstić information content (AvgIpc) is 3.06. The largest absolute Gasteiger partial charge is 0.340 e. The summed E-state index contributed by atoms with van der Waals surface area (Å²) in [5.74, 6) is 0.0418. The fourth-order valence-electron chi connectivity index (χ4n) is 5.73. The Hall–Kier alpha value is -4.93. The van der Waals surface area contributed by atoms with Crippen LogP contribution in [0.25, 0.3) is 0 Å². The quantitative estimate of drug-likeness (QED) is 0.250. The Morgan fingerprint density at radius 2 is 1.35 bits per heavy atom. The number of hydrogen-bond acceptors (Lipinski definition) is 4. The first-order chi connectivity index (χ1) is 21.0. The number of nitrogens with one attached hydrogen (secondary N) is 1. The van der Waals surface area contributed by atoms with E-state index in [1.54, 1.807) is 29.2 Å². The van der Waals surface area contributed by atoms with E-state index in [1.165, 1.54) is 11.1 Å². The third-order valence-electron chi connectivity index (χ3n) is 8.08. The van der Waals surface area contributed by atoms with Gasteiger partial charge in [0.25, 0.3) is 0 Å². The minimum atomic E-state index is -0.308. The molecule has 0 saturated carbocycles. The summed E-state index contributed by atoms with van der Waals surface area (Å²) in [6.07, 6.45) is 0.226. The number of piperazine rings is 1. The zero-order valence-corrected chi connectivity index (χ0v) is 24.5. The maximum atomic E-state index is 13.5. The third-order valence-corrected chi connectivity index (χ3v) is 8.08. The van der Waals surface area contributed by atoms with Crippen molar-refractivity contribution in [1.29, 1.82) is 5.26 Å². The number of nitriles is 1. The smallest absolute Gasteiger partial charge is 0.322 e. The third kappa shape index (κ3) is 7.48. The number of anilines is 1. The lowest BCUT2D eigenvalue weighted by atomic mass is 9.96. The molecule has 3 amide bonds. The minimum absolute atomic E-state index is 0.0418. The molecule has 4 aromatic rings. The van der Waals surface area contributed by atoms with Crippen LogP contribution in [0.5, 0.6) is 0 Å². The molecule has 0 bridgehead atoms. The minimum Gasteiger partial charge on any atom is -0.340 e. The number of benzene rings is 4. The summed E-state index contributed by atoms with van der Waals surface area (Å²) in [7, 11) is 0. The van der Waals surface area contributed by atoms with Gasteiger partial charge < -0.3 is 15.1 Å². The van der Waals surface area contributed by atoms with Crippen LogP contribution < -0.4 is 5.32 Å². The van der Waals surface area contributed by atoms with Crippen LogP contribution in [0.15, 0.2) is 115 Å². The van der Waals surface area contributed by atoms with Crippen LogP contribution in [0.2, 0.25) is 0 Å². The van der Waals surface area contributed by atoms with E-state index in [4.69, 9.17) is 0 Å². The number of nitrogens with zero attached hydrogens (tertiary/aromatic N) is 4. The lowest BCUT2D eigenvalue weighted by Crippen LogP contribution is -2.50. The summed E-state index contributed by atoms with van der Waals surface area (Å²) in [5, 5.41) is 12.2. The van der Waals surface area contributed by atoms with Crippen molar-refractivity contribution in [3.05, 3.63) is 138 Å². The second-order valence-electron chi connectivity index (χ2n) is 10.8. The first kappa shape index (κ1) is 29.6.